The summed E-state index contributed by atoms with van der Waals surface area (Å²) >= 11 is 3.46. The first kappa shape index (κ1) is 27.1. The molecule has 8 heteroatoms. The number of anilines is 1. The Labute approximate surface area is 209 Å². The van der Waals surface area contributed by atoms with Gasteiger partial charge in [0.25, 0.3) is 0 Å². The van der Waals surface area contributed by atoms with Gasteiger partial charge >= 0.3 is 6.03 Å². The number of ether oxygens (including phenoxy) is 2. The number of hydrogen-bond donors (Lipinski definition) is 0. The third kappa shape index (κ3) is 6.05. The zero-order valence-electron chi connectivity index (χ0n) is 20.6. The number of hydrogen-bond acceptors (Lipinski definition) is 5. The highest BCUT2D eigenvalue weighted by Gasteiger charge is 2.33. The summed E-state index contributed by atoms with van der Waals surface area (Å²) in [5, 5.41) is 0.912. The Morgan fingerprint density at radius 2 is 1.71 bits per heavy atom. The summed E-state index contributed by atoms with van der Waals surface area (Å²) in [7, 11) is 3.11. The number of imide groups is 1. The molecule has 1 fully saturated rings. The molecule has 3 amide bonds. The summed E-state index contributed by atoms with van der Waals surface area (Å²) in [5.41, 5.74) is 2.22. The third-order valence-corrected chi connectivity index (χ3v) is 5.57. The topological polar surface area (TPSA) is 72.0 Å². The molecule has 0 N–H and O–H groups in total. The van der Waals surface area contributed by atoms with E-state index in [1.54, 1.807) is 43.5 Å². The molecule has 0 unspecified atom stereocenters. The number of carbonyl (C=O) groups is 2. The predicted molar refractivity (Wildman–Crippen MR) is 140 cm³/mol. The van der Waals surface area contributed by atoms with Crippen LogP contribution < -0.4 is 14.4 Å². The quantitative estimate of drug-likeness (QED) is 0.381. The Kier molecular flexibility index (Phi) is 10.3. The van der Waals surface area contributed by atoms with Crippen molar-refractivity contribution in [2.45, 2.75) is 40.7 Å². The summed E-state index contributed by atoms with van der Waals surface area (Å²) in [6.45, 7) is 8.43. The molecule has 3 aromatic rings. The number of amides is 3. The molecular formula is C26H32BrN3O4. The molecule has 182 valence electrons. The number of nitrogens with zero attached hydrogens (tertiary/aromatic N) is 3. The summed E-state index contributed by atoms with van der Waals surface area (Å²) in [4.78, 5) is 33.0. The molecule has 0 aliphatic carbocycles. The molecule has 1 aliphatic heterocycles. The second kappa shape index (κ2) is 12.9. The number of halogens is 1. The fourth-order valence-corrected chi connectivity index (χ4v) is 3.86. The molecule has 0 atom stereocenters. The lowest BCUT2D eigenvalue weighted by molar-refractivity contribution is -0.129. The van der Waals surface area contributed by atoms with Gasteiger partial charge in [-0.15, -0.1) is 0 Å². The van der Waals surface area contributed by atoms with Crippen molar-refractivity contribution >= 4 is 44.5 Å². The van der Waals surface area contributed by atoms with Gasteiger partial charge in [0.1, 0.15) is 11.5 Å². The van der Waals surface area contributed by atoms with Gasteiger partial charge in [-0.05, 0) is 36.4 Å². The maximum Gasteiger partial charge on any atom is 0.331 e. The molecule has 0 spiro atoms. The van der Waals surface area contributed by atoms with Crippen LogP contribution in [-0.2, 0) is 11.3 Å². The minimum atomic E-state index is -0.375. The maximum absolute atomic E-state index is 13.2. The molecule has 4 rings (SSSR count). The average Bonchev–Trinajstić information content (AvgIpc) is 2.88. The number of pyridine rings is 1. The van der Waals surface area contributed by atoms with Gasteiger partial charge in [0.05, 0.1) is 38.2 Å². The second-order valence-corrected chi connectivity index (χ2v) is 7.79. The van der Waals surface area contributed by atoms with Crippen molar-refractivity contribution in [3.05, 3.63) is 58.7 Å². The zero-order valence-corrected chi connectivity index (χ0v) is 22.2. The molecule has 1 aromatic heterocycles. The zero-order chi connectivity index (χ0) is 25.3. The Morgan fingerprint density at radius 3 is 2.38 bits per heavy atom. The number of benzene rings is 2. The molecular weight excluding hydrogens is 498 g/mol. The fourth-order valence-electron chi connectivity index (χ4n) is 3.48. The number of fused-ring (bicyclic) bond motifs is 1. The number of methoxy groups -OCH3 is 2. The van der Waals surface area contributed by atoms with Crippen LogP contribution in [0.3, 0.4) is 0 Å². The first-order valence-corrected chi connectivity index (χ1v) is 12.2. The Bertz CT molecular complexity index is 1140. The van der Waals surface area contributed by atoms with E-state index in [0.29, 0.717) is 23.7 Å². The summed E-state index contributed by atoms with van der Waals surface area (Å²) in [6.07, 6.45) is 1.90. The summed E-state index contributed by atoms with van der Waals surface area (Å²) in [5.74, 6) is 0.983. The molecule has 1 saturated heterocycles. The summed E-state index contributed by atoms with van der Waals surface area (Å²) in [6, 6.07) is 12.6. The van der Waals surface area contributed by atoms with Crippen LogP contribution >= 0.6 is 15.9 Å². The van der Waals surface area contributed by atoms with Crippen LogP contribution in [0, 0.1) is 0 Å². The average molecular weight is 530 g/mol. The fraction of sp³-hybridized carbons (Fsp3) is 0.346. The summed E-state index contributed by atoms with van der Waals surface area (Å²) < 4.78 is 11.6. The van der Waals surface area contributed by atoms with E-state index < -0.39 is 0 Å². The molecule has 0 bridgehead atoms. The van der Waals surface area contributed by atoms with Gasteiger partial charge in [-0.2, -0.15) is 0 Å². The third-order valence-electron chi connectivity index (χ3n) is 5.08. The Hall–Kier alpha value is -3.13. The van der Waals surface area contributed by atoms with Crippen LogP contribution in [0.25, 0.3) is 10.9 Å². The Morgan fingerprint density at radius 1 is 0.971 bits per heavy atom. The van der Waals surface area contributed by atoms with Crippen LogP contribution in [0.2, 0.25) is 0 Å². The number of carbonyl (C=O) groups excluding carboxylic acids is 2. The van der Waals surface area contributed by atoms with Crippen molar-refractivity contribution in [1.29, 1.82) is 0 Å². The van der Waals surface area contributed by atoms with Crippen LogP contribution in [0.4, 0.5) is 10.5 Å². The van der Waals surface area contributed by atoms with Crippen molar-refractivity contribution in [1.82, 2.24) is 9.88 Å². The normalized spacial score (nSPS) is 13.0. The van der Waals surface area contributed by atoms with Crippen molar-refractivity contribution in [2.24, 2.45) is 0 Å². The van der Waals surface area contributed by atoms with E-state index in [2.05, 4.69) is 20.9 Å². The molecule has 34 heavy (non-hydrogen) atoms. The minimum absolute atomic E-state index is 0.119. The number of urea groups is 1. The predicted octanol–water partition coefficient (Wildman–Crippen LogP) is 6.43. The van der Waals surface area contributed by atoms with E-state index in [9.17, 15) is 9.59 Å². The highest BCUT2D eigenvalue weighted by atomic mass is 79.9. The van der Waals surface area contributed by atoms with Crippen LogP contribution in [0.5, 0.6) is 11.5 Å². The Balaban J connectivity index is 0.000000970. The highest BCUT2D eigenvalue weighted by Crippen LogP contribution is 2.29. The molecule has 1 aliphatic rings. The van der Waals surface area contributed by atoms with E-state index in [0.717, 1.165) is 20.9 Å². The minimum Gasteiger partial charge on any atom is -0.497 e. The van der Waals surface area contributed by atoms with Gasteiger partial charge in [0.2, 0.25) is 5.91 Å². The van der Waals surface area contributed by atoms with Gasteiger partial charge in [0.15, 0.2) is 0 Å². The van der Waals surface area contributed by atoms with E-state index in [-0.39, 0.29) is 24.9 Å². The van der Waals surface area contributed by atoms with E-state index in [4.69, 9.17) is 9.47 Å². The van der Waals surface area contributed by atoms with Gasteiger partial charge in [-0.3, -0.25) is 19.6 Å². The first-order valence-electron chi connectivity index (χ1n) is 11.4. The van der Waals surface area contributed by atoms with Gasteiger partial charge in [-0.25, -0.2) is 4.79 Å². The SMILES string of the molecule is CC.CC.COc1ccc(CN2C(=O)CCN(c3cnc4ccc(Br)cc4c3)C2=O)c(OC)c1. The van der Waals surface area contributed by atoms with Crippen LogP contribution in [0.1, 0.15) is 39.7 Å². The smallest absolute Gasteiger partial charge is 0.331 e. The molecule has 0 saturated carbocycles. The molecule has 2 heterocycles. The van der Waals surface area contributed by atoms with Crippen LogP contribution in [-0.4, -0.2) is 42.6 Å². The monoisotopic (exact) mass is 529 g/mol. The molecule has 7 nitrogen and oxygen atoms in total. The lowest BCUT2D eigenvalue weighted by atomic mass is 10.1. The second-order valence-electron chi connectivity index (χ2n) is 6.87. The highest BCUT2D eigenvalue weighted by molar-refractivity contribution is 9.10. The van der Waals surface area contributed by atoms with Gasteiger partial charge in [-0.1, -0.05) is 43.6 Å². The molecule has 0 radical (unpaired) electrons. The van der Waals surface area contributed by atoms with E-state index in [1.165, 1.54) is 4.90 Å². The number of rotatable bonds is 5. The van der Waals surface area contributed by atoms with Crippen molar-refractivity contribution in [3.63, 3.8) is 0 Å². The van der Waals surface area contributed by atoms with E-state index >= 15 is 0 Å². The van der Waals surface area contributed by atoms with Crippen LogP contribution in [0.15, 0.2) is 53.1 Å². The van der Waals surface area contributed by atoms with Crippen molar-refractivity contribution in [3.8, 4) is 11.5 Å². The largest absolute Gasteiger partial charge is 0.497 e. The van der Waals surface area contributed by atoms with Crippen molar-refractivity contribution < 1.29 is 19.1 Å². The van der Waals surface area contributed by atoms with Gasteiger partial charge in [0, 0.05) is 34.5 Å². The first-order chi connectivity index (χ1) is 16.5. The lowest BCUT2D eigenvalue weighted by Gasteiger charge is -2.34. The van der Waals surface area contributed by atoms with E-state index in [1.807, 2.05) is 52.0 Å². The molecule has 2 aromatic carbocycles. The number of aromatic nitrogens is 1. The van der Waals surface area contributed by atoms with Gasteiger partial charge < -0.3 is 9.47 Å². The van der Waals surface area contributed by atoms with Crippen molar-refractivity contribution in [2.75, 3.05) is 25.7 Å². The lowest BCUT2D eigenvalue weighted by Crippen LogP contribution is -2.52. The standard InChI is InChI=1S/C22H20BrN3O4.2C2H6/c1-29-18-5-3-14(20(11-18)30-2)13-26-21(27)7-8-25(22(26)28)17-10-15-9-16(23)4-6-19(15)24-12-17;2*1-2/h3-6,9-12H,7-8,13H2,1-2H3;2*1-2H3. The maximum atomic E-state index is 13.2.